The summed E-state index contributed by atoms with van der Waals surface area (Å²) in [7, 11) is -3.80. The number of carbonyl (C=O) groups is 2. The van der Waals surface area contributed by atoms with E-state index in [2.05, 4.69) is 10.0 Å². The molecule has 41 heavy (non-hydrogen) atoms. The summed E-state index contributed by atoms with van der Waals surface area (Å²) >= 11 is 7.54. The number of halogens is 1. The van der Waals surface area contributed by atoms with Crippen molar-refractivity contribution >= 4 is 56.6 Å². The Morgan fingerprint density at radius 1 is 0.927 bits per heavy atom. The van der Waals surface area contributed by atoms with Crippen LogP contribution in [-0.2, 0) is 21.4 Å². The highest BCUT2D eigenvalue weighted by molar-refractivity contribution is 8.00. The summed E-state index contributed by atoms with van der Waals surface area (Å²) < 4.78 is 28.5. The molecule has 2 amide bonds. The van der Waals surface area contributed by atoms with Gasteiger partial charge < -0.3 is 10.2 Å². The second-order valence-electron chi connectivity index (χ2n) is 9.78. The second-order valence-corrected chi connectivity index (χ2v) is 13.0. The lowest BCUT2D eigenvalue weighted by molar-refractivity contribution is -0.128. The third-order valence-electron chi connectivity index (χ3n) is 6.83. The van der Waals surface area contributed by atoms with E-state index >= 15 is 0 Å². The van der Waals surface area contributed by atoms with Crippen LogP contribution in [-0.4, -0.2) is 30.9 Å². The van der Waals surface area contributed by atoms with Gasteiger partial charge in [0.2, 0.25) is 5.91 Å². The van der Waals surface area contributed by atoms with Crippen LogP contribution in [0.3, 0.4) is 0 Å². The van der Waals surface area contributed by atoms with Crippen LogP contribution in [0.5, 0.6) is 0 Å². The topological polar surface area (TPSA) is 95.6 Å². The van der Waals surface area contributed by atoms with Gasteiger partial charge in [-0.05, 0) is 84.6 Å². The molecule has 5 rings (SSSR count). The lowest BCUT2D eigenvalue weighted by atomic mass is 10.1. The number of thioether (sulfide) groups is 1. The maximum absolute atomic E-state index is 12.9. The fraction of sp³-hybridized carbons (Fsp3) is 0.161. The van der Waals surface area contributed by atoms with Crippen molar-refractivity contribution in [1.82, 2.24) is 4.90 Å². The molecule has 0 radical (unpaired) electrons. The van der Waals surface area contributed by atoms with Gasteiger partial charge in [-0.25, -0.2) is 8.42 Å². The lowest BCUT2D eigenvalue weighted by Gasteiger charge is -2.24. The van der Waals surface area contributed by atoms with Crippen LogP contribution in [0.1, 0.15) is 38.0 Å². The SMILES string of the molecule is Cc1cccc(C)c1NS(=O)(=O)c1ccc(NC(=O)c2ccc([C@H]3SCC(=O)N3Cc3ccc(Cl)cc3)cc2)cc1. The number of anilines is 2. The molecule has 2 N–H and O–H groups in total. The van der Waals surface area contributed by atoms with E-state index in [0.29, 0.717) is 34.3 Å². The molecule has 0 aromatic heterocycles. The monoisotopic (exact) mass is 605 g/mol. The molecule has 0 aliphatic carbocycles. The first-order valence-corrected chi connectivity index (χ1v) is 15.8. The van der Waals surface area contributed by atoms with Gasteiger partial charge in [-0.1, -0.05) is 54.1 Å². The van der Waals surface area contributed by atoms with Crippen LogP contribution in [0.4, 0.5) is 11.4 Å². The zero-order chi connectivity index (χ0) is 29.1. The first kappa shape index (κ1) is 28.7. The predicted molar refractivity (Wildman–Crippen MR) is 165 cm³/mol. The van der Waals surface area contributed by atoms with E-state index in [4.69, 9.17) is 11.6 Å². The smallest absolute Gasteiger partial charge is 0.261 e. The summed E-state index contributed by atoms with van der Waals surface area (Å²) in [6.07, 6.45) is 0. The fourth-order valence-corrected chi connectivity index (χ4v) is 7.09. The molecule has 4 aromatic carbocycles. The van der Waals surface area contributed by atoms with Gasteiger partial charge in [0.25, 0.3) is 15.9 Å². The Bertz CT molecular complexity index is 1670. The number of carbonyl (C=O) groups excluding carboxylic acids is 2. The molecule has 1 saturated heterocycles. The highest BCUT2D eigenvalue weighted by Crippen LogP contribution is 2.39. The number of nitrogens with one attached hydrogen (secondary N) is 2. The number of hydrogen-bond donors (Lipinski definition) is 2. The summed E-state index contributed by atoms with van der Waals surface area (Å²) in [5.74, 6) is 0.132. The first-order chi connectivity index (χ1) is 19.6. The van der Waals surface area contributed by atoms with E-state index in [1.807, 2.05) is 73.3 Å². The van der Waals surface area contributed by atoms with Crippen molar-refractivity contribution < 1.29 is 18.0 Å². The molecule has 1 aliphatic heterocycles. The standard InChI is InChI=1S/C31H28ClN3O4S2/c1-20-4-3-5-21(2)29(20)34-41(38,39)27-16-14-26(15-17-27)33-30(37)23-8-10-24(11-9-23)31-35(28(36)19-40-31)18-22-6-12-25(32)13-7-22/h3-17,31,34H,18-19H2,1-2H3,(H,33,37)/t31-/m1/s1. The van der Waals surface area contributed by atoms with Crippen LogP contribution in [0.25, 0.3) is 0 Å². The molecule has 0 unspecified atom stereocenters. The molecular formula is C31H28ClN3O4S2. The van der Waals surface area contributed by atoms with E-state index in [1.54, 1.807) is 36.0 Å². The number of sulfonamides is 1. The third kappa shape index (κ3) is 6.59. The quantitative estimate of drug-likeness (QED) is 0.231. The third-order valence-corrected chi connectivity index (χ3v) is 9.71. The molecule has 210 valence electrons. The number of para-hydroxylation sites is 1. The normalized spacial score (nSPS) is 15.1. The Labute approximate surface area is 249 Å². The van der Waals surface area contributed by atoms with Gasteiger partial charge in [0.15, 0.2) is 0 Å². The summed E-state index contributed by atoms with van der Waals surface area (Å²) in [6.45, 7) is 4.17. The van der Waals surface area contributed by atoms with E-state index in [9.17, 15) is 18.0 Å². The van der Waals surface area contributed by atoms with Gasteiger partial charge in [0, 0.05) is 22.8 Å². The van der Waals surface area contributed by atoms with Crippen LogP contribution in [0.2, 0.25) is 5.02 Å². The molecular weight excluding hydrogens is 578 g/mol. The Morgan fingerprint density at radius 2 is 1.56 bits per heavy atom. The molecule has 0 saturated carbocycles. The van der Waals surface area contributed by atoms with Crippen molar-refractivity contribution in [3.05, 3.63) is 124 Å². The average molecular weight is 606 g/mol. The van der Waals surface area contributed by atoms with Gasteiger partial charge >= 0.3 is 0 Å². The highest BCUT2D eigenvalue weighted by atomic mass is 35.5. The summed E-state index contributed by atoms with van der Waals surface area (Å²) in [6, 6.07) is 26.2. The van der Waals surface area contributed by atoms with Crippen molar-refractivity contribution in [3.63, 3.8) is 0 Å². The first-order valence-electron chi connectivity index (χ1n) is 12.9. The maximum atomic E-state index is 12.9. The number of hydrogen-bond acceptors (Lipinski definition) is 5. The second kappa shape index (κ2) is 12.0. The number of benzene rings is 4. The van der Waals surface area contributed by atoms with Crippen molar-refractivity contribution in [2.24, 2.45) is 0 Å². The number of nitrogens with zero attached hydrogens (tertiary/aromatic N) is 1. The van der Waals surface area contributed by atoms with Crippen LogP contribution < -0.4 is 10.0 Å². The molecule has 7 nitrogen and oxygen atoms in total. The summed E-state index contributed by atoms with van der Waals surface area (Å²) in [4.78, 5) is 27.4. The summed E-state index contributed by atoms with van der Waals surface area (Å²) in [5.41, 5.74) is 5.05. The van der Waals surface area contributed by atoms with Crippen LogP contribution in [0, 0.1) is 13.8 Å². The Morgan fingerprint density at radius 3 is 2.20 bits per heavy atom. The fourth-order valence-electron chi connectivity index (χ4n) is 4.58. The minimum absolute atomic E-state index is 0.0615. The maximum Gasteiger partial charge on any atom is 0.261 e. The minimum Gasteiger partial charge on any atom is -0.322 e. The van der Waals surface area contributed by atoms with E-state index in [-0.39, 0.29) is 22.1 Å². The molecule has 10 heteroatoms. The van der Waals surface area contributed by atoms with Crippen molar-refractivity contribution in [2.75, 3.05) is 15.8 Å². The Balaban J connectivity index is 1.24. The molecule has 0 spiro atoms. The zero-order valence-corrected chi connectivity index (χ0v) is 24.8. The van der Waals surface area contributed by atoms with Gasteiger partial charge in [-0.2, -0.15) is 0 Å². The van der Waals surface area contributed by atoms with Crippen LogP contribution >= 0.6 is 23.4 Å². The molecule has 0 bridgehead atoms. The molecule has 4 aromatic rings. The average Bonchev–Trinajstić information content (AvgIpc) is 3.32. The molecule has 1 atom stereocenters. The predicted octanol–water partition coefficient (Wildman–Crippen LogP) is 6.78. The number of rotatable bonds is 8. The lowest BCUT2D eigenvalue weighted by Crippen LogP contribution is -2.27. The van der Waals surface area contributed by atoms with E-state index in [0.717, 1.165) is 22.3 Å². The van der Waals surface area contributed by atoms with Gasteiger partial charge in [-0.3, -0.25) is 14.3 Å². The Hall–Kier alpha value is -3.79. The van der Waals surface area contributed by atoms with Gasteiger partial charge in [0.1, 0.15) is 5.37 Å². The highest BCUT2D eigenvalue weighted by Gasteiger charge is 2.32. The van der Waals surface area contributed by atoms with Gasteiger partial charge in [0.05, 0.1) is 16.3 Å². The molecule has 1 heterocycles. The Kier molecular flexibility index (Phi) is 8.40. The van der Waals surface area contributed by atoms with E-state index in [1.165, 1.54) is 12.1 Å². The van der Waals surface area contributed by atoms with Gasteiger partial charge in [-0.15, -0.1) is 11.8 Å². The largest absolute Gasteiger partial charge is 0.322 e. The zero-order valence-electron chi connectivity index (χ0n) is 22.4. The van der Waals surface area contributed by atoms with E-state index < -0.39 is 10.0 Å². The minimum atomic E-state index is -3.80. The number of amides is 2. The van der Waals surface area contributed by atoms with Crippen LogP contribution in [0.15, 0.2) is 95.9 Å². The number of aryl methyl sites for hydroxylation is 2. The van der Waals surface area contributed by atoms with Crippen molar-refractivity contribution in [3.8, 4) is 0 Å². The molecule has 1 fully saturated rings. The van der Waals surface area contributed by atoms with Crippen molar-refractivity contribution in [1.29, 1.82) is 0 Å². The van der Waals surface area contributed by atoms with Crippen molar-refractivity contribution in [2.45, 2.75) is 30.7 Å². The summed E-state index contributed by atoms with van der Waals surface area (Å²) in [5, 5.41) is 3.31. The molecule has 1 aliphatic rings.